The standard InChI is InChI=1S/C20H20O5.C3H6O.C2H6O/c1-9-20(3)12-6-7-19(2)11(4-5-13(19)21)14(12)16(22)17-15(20)10(8-24-17)18(23)25-9;1-3-4-2;1-3-2/h8-9,11H,4-7H2,1-3H3;3H,1H2,2H3;1-2H3/t9-,11?,19?,20?;;/m1../s1. The smallest absolute Gasteiger partial charge is 0.342 e. The second-order valence-electron chi connectivity index (χ2n) is 9.07. The molecule has 0 radical (unpaired) electrons. The Bertz CT molecular complexity index is 984. The van der Waals surface area contributed by atoms with Gasteiger partial charge in [0, 0.05) is 43.1 Å². The zero-order chi connectivity index (χ0) is 23.8. The van der Waals surface area contributed by atoms with Gasteiger partial charge in [-0.15, -0.1) is 0 Å². The lowest BCUT2D eigenvalue weighted by atomic mass is 9.55. The fourth-order valence-corrected chi connectivity index (χ4v) is 5.67. The Kier molecular flexibility index (Phi) is 6.52. The summed E-state index contributed by atoms with van der Waals surface area (Å²) in [5.41, 5.74) is 1.85. The van der Waals surface area contributed by atoms with Gasteiger partial charge in [-0.05, 0) is 38.7 Å². The molecule has 3 unspecified atom stereocenters. The van der Waals surface area contributed by atoms with Gasteiger partial charge in [0.05, 0.1) is 18.8 Å². The summed E-state index contributed by atoms with van der Waals surface area (Å²) in [6.45, 7) is 9.18. The minimum Gasteiger partial charge on any atom is -0.505 e. The van der Waals surface area contributed by atoms with E-state index in [2.05, 4.69) is 16.1 Å². The molecule has 1 fully saturated rings. The van der Waals surface area contributed by atoms with E-state index in [1.54, 1.807) is 21.3 Å². The van der Waals surface area contributed by atoms with Crippen molar-refractivity contribution in [3.63, 3.8) is 0 Å². The highest BCUT2D eigenvalue weighted by Gasteiger charge is 2.60. The lowest BCUT2D eigenvalue weighted by Crippen LogP contribution is -2.51. The molecular weight excluding hydrogens is 412 g/mol. The number of ketones is 2. The summed E-state index contributed by atoms with van der Waals surface area (Å²) in [5, 5.41) is 0. The SMILES string of the molecule is C=COC.COC.C[C@H]1OC(=O)c2coc3c2C1(C)C1=C(C3=O)C2CCC(=O)C2(C)CC1. The number of methoxy groups -OCH3 is 2. The minimum absolute atomic E-state index is 0.0559. The summed E-state index contributed by atoms with van der Waals surface area (Å²) >= 11 is 0. The van der Waals surface area contributed by atoms with Gasteiger partial charge >= 0.3 is 5.97 Å². The number of esters is 1. The Morgan fingerprint density at radius 3 is 2.38 bits per heavy atom. The molecule has 0 aromatic carbocycles. The van der Waals surface area contributed by atoms with Gasteiger partial charge in [0.1, 0.15) is 23.7 Å². The summed E-state index contributed by atoms with van der Waals surface area (Å²) in [6, 6.07) is 0. The second-order valence-corrected chi connectivity index (χ2v) is 9.07. The number of hydrogen-bond donors (Lipinski definition) is 0. The third kappa shape index (κ3) is 3.25. The molecule has 0 spiro atoms. The van der Waals surface area contributed by atoms with Gasteiger partial charge in [0.2, 0.25) is 5.78 Å². The Morgan fingerprint density at radius 2 is 1.78 bits per heavy atom. The van der Waals surface area contributed by atoms with Crippen LogP contribution < -0.4 is 0 Å². The predicted octanol–water partition coefficient (Wildman–Crippen LogP) is 4.41. The van der Waals surface area contributed by atoms with Crippen molar-refractivity contribution in [3.05, 3.63) is 47.1 Å². The van der Waals surface area contributed by atoms with Crippen molar-refractivity contribution >= 4 is 17.5 Å². The molecule has 32 heavy (non-hydrogen) atoms. The number of Topliss-reactive ketones (excluding diaryl/α,β-unsaturated/α-hetero) is 2. The first-order chi connectivity index (χ1) is 15.1. The molecule has 1 aliphatic heterocycles. The van der Waals surface area contributed by atoms with Crippen molar-refractivity contribution in [1.29, 1.82) is 0 Å². The lowest BCUT2D eigenvalue weighted by molar-refractivity contribution is -0.126. The van der Waals surface area contributed by atoms with E-state index >= 15 is 0 Å². The largest absolute Gasteiger partial charge is 0.505 e. The first kappa shape index (κ1) is 24.0. The van der Waals surface area contributed by atoms with Crippen LogP contribution in [0.3, 0.4) is 0 Å². The molecule has 7 heteroatoms. The van der Waals surface area contributed by atoms with Crippen molar-refractivity contribution in [1.82, 2.24) is 0 Å². The van der Waals surface area contributed by atoms with Crippen molar-refractivity contribution in [2.24, 2.45) is 11.3 Å². The summed E-state index contributed by atoms with van der Waals surface area (Å²) < 4.78 is 19.7. The van der Waals surface area contributed by atoms with E-state index in [0.717, 1.165) is 17.6 Å². The molecular formula is C25H32O7. The van der Waals surface area contributed by atoms with Crippen LogP contribution in [0.15, 0.2) is 34.7 Å². The number of cyclic esters (lactones) is 1. The van der Waals surface area contributed by atoms with E-state index in [0.29, 0.717) is 30.4 Å². The number of carbonyl (C=O) groups excluding carboxylic acids is 3. The van der Waals surface area contributed by atoms with Crippen LogP contribution in [0.25, 0.3) is 0 Å². The number of rotatable bonds is 1. The molecule has 1 aromatic heterocycles. The number of allylic oxidation sites excluding steroid dienone is 1. The van der Waals surface area contributed by atoms with Crippen LogP contribution in [0, 0.1) is 11.3 Å². The first-order valence-electron chi connectivity index (χ1n) is 10.8. The van der Waals surface area contributed by atoms with E-state index in [1.807, 2.05) is 20.8 Å². The third-order valence-electron chi connectivity index (χ3n) is 7.51. The molecule has 1 aromatic rings. The van der Waals surface area contributed by atoms with Gasteiger partial charge < -0.3 is 18.6 Å². The van der Waals surface area contributed by atoms with Gasteiger partial charge in [-0.25, -0.2) is 4.79 Å². The second kappa shape index (κ2) is 8.70. The Labute approximate surface area is 188 Å². The minimum atomic E-state index is -0.554. The van der Waals surface area contributed by atoms with E-state index < -0.39 is 16.8 Å². The average Bonchev–Trinajstić information content (AvgIpc) is 3.34. The van der Waals surface area contributed by atoms with Crippen LogP contribution in [-0.2, 0) is 24.4 Å². The van der Waals surface area contributed by atoms with E-state index in [1.165, 1.54) is 12.5 Å². The first-order valence-corrected chi connectivity index (χ1v) is 10.8. The third-order valence-corrected chi connectivity index (χ3v) is 7.51. The van der Waals surface area contributed by atoms with Crippen LogP contribution in [0.4, 0.5) is 0 Å². The van der Waals surface area contributed by atoms with Crippen LogP contribution in [0.5, 0.6) is 0 Å². The topological polar surface area (TPSA) is 92.0 Å². The molecule has 0 saturated heterocycles. The highest BCUT2D eigenvalue weighted by atomic mass is 16.5. The molecule has 2 heterocycles. The molecule has 0 bridgehead atoms. The quantitative estimate of drug-likeness (QED) is 0.468. The van der Waals surface area contributed by atoms with Crippen LogP contribution in [-0.4, -0.2) is 45.0 Å². The maximum absolute atomic E-state index is 13.3. The van der Waals surface area contributed by atoms with Crippen molar-refractivity contribution < 1.29 is 33.0 Å². The Morgan fingerprint density at radius 1 is 1.16 bits per heavy atom. The maximum Gasteiger partial charge on any atom is 0.342 e. The van der Waals surface area contributed by atoms with E-state index in [9.17, 15) is 14.4 Å². The van der Waals surface area contributed by atoms with Crippen molar-refractivity contribution in [2.45, 2.75) is 58.0 Å². The van der Waals surface area contributed by atoms with Crippen LogP contribution in [0.2, 0.25) is 0 Å². The highest BCUT2D eigenvalue weighted by molar-refractivity contribution is 6.14. The van der Waals surface area contributed by atoms with Gasteiger partial charge in [0.25, 0.3) is 0 Å². The highest BCUT2D eigenvalue weighted by Crippen LogP contribution is 2.60. The van der Waals surface area contributed by atoms with E-state index in [4.69, 9.17) is 9.15 Å². The van der Waals surface area contributed by atoms with Crippen LogP contribution >= 0.6 is 0 Å². The molecule has 7 nitrogen and oxygen atoms in total. The molecule has 0 amide bonds. The maximum atomic E-state index is 13.3. The summed E-state index contributed by atoms with van der Waals surface area (Å²) in [6.07, 6.45) is 5.04. The van der Waals surface area contributed by atoms with Crippen molar-refractivity contribution in [3.8, 4) is 0 Å². The van der Waals surface area contributed by atoms with Gasteiger partial charge in [0.15, 0.2) is 5.76 Å². The summed E-state index contributed by atoms with van der Waals surface area (Å²) in [7, 11) is 4.81. The molecule has 0 N–H and O–H groups in total. The molecule has 5 rings (SSSR count). The predicted molar refractivity (Wildman–Crippen MR) is 118 cm³/mol. The molecule has 4 atom stereocenters. The van der Waals surface area contributed by atoms with Gasteiger partial charge in [-0.1, -0.05) is 13.5 Å². The molecule has 3 aliphatic carbocycles. The van der Waals surface area contributed by atoms with Gasteiger partial charge in [-0.3, -0.25) is 9.59 Å². The summed E-state index contributed by atoms with van der Waals surface area (Å²) in [5.74, 6) is -0.0937. The lowest BCUT2D eigenvalue weighted by Gasteiger charge is -2.49. The van der Waals surface area contributed by atoms with Crippen molar-refractivity contribution in [2.75, 3.05) is 21.3 Å². The fraction of sp³-hybridized carbons (Fsp3) is 0.560. The zero-order valence-corrected chi connectivity index (χ0v) is 19.7. The van der Waals surface area contributed by atoms with Crippen LogP contribution in [0.1, 0.15) is 72.9 Å². The average molecular weight is 445 g/mol. The Hall–Kier alpha value is -2.67. The molecule has 174 valence electrons. The number of ether oxygens (including phenoxy) is 3. The number of furan rings is 1. The normalized spacial score (nSPS) is 31.8. The van der Waals surface area contributed by atoms with E-state index in [-0.39, 0.29) is 29.3 Å². The molecule has 4 aliphatic rings. The summed E-state index contributed by atoms with van der Waals surface area (Å²) in [4.78, 5) is 38.0. The number of hydrogen-bond acceptors (Lipinski definition) is 7. The van der Waals surface area contributed by atoms with Gasteiger partial charge in [-0.2, -0.15) is 0 Å². The Balaban J connectivity index is 0.000000367. The number of fused-ring (bicyclic) bond motifs is 3. The zero-order valence-electron chi connectivity index (χ0n) is 19.7. The number of carbonyl (C=O) groups is 3. The fourth-order valence-electron chi connectivity index (χ4n) is 5.67. The molecule has 1 saturated carbocycles. The monoisotopic (exact) mass is 444 g/mol.